The maximum atomic E-state index is 13.9. The summed E-state index contributed by atoms with van der Waals surface area (Å²) in [5.41, 5.74) is 8.46. The van der Waals surface area contributed by atoms with Crippen molar-refractivity contribution in [2.24, 2.45) is 5.73 Å². The lowest BCUT2D eigenvalue weighted by molar-refractivity contribution is -0.143. The number of benzene rings is 2. The second kappa shape index (κ2) is 24.3. The summed E-state index contributed by atoms with van der Waals surface area (Å²) in [6.45, 7) is -3.61. The Morgan fingerprint density at radius 3 is 1.42 bits per heavy atom. The summed E-state index contributed by atoms with van der Waals surface area (Å²) >= 11 is 0. The minimum Gasteiger partial charge on any atom is -0.483 e. The van der Waals surface area contributed by atoms with E-state index in [1.54, 1.807) is 0 Å². The Morgan fingerprint density at radius 2 is 1.02 bits per heavy atom. The van der Waals surface area contributed by atoms with Gasteiger partial charge in [-0.15, -0.1) is 0 Å². The number of hydrazine groups is 1. The van der Waals surface area contributed by atoms with E-state index in [1.807, 2.05) is 10.9 Å². The van der Waals surface area contributed by atoms with Crippen LogP contribution in [-0.4, -0.2) is 153 Å². The maximum absolute atomic E-state index is 13.9. The summed E-state index contributed by atoms with van der Waals surface area (Å²) in [5, 5.41) is 45.9. The van der Waals surface area contributed by atoms with Crippen LogP contribution < -0.4 is 21.9 Å². The number of aliphatic carboxylic acids is 4. The highest BCUT2D eigenvalue weighted by Crippen LogP contribution is 2.24. The van der Waals surface area contributed by atoms with E-state index in [9.17, 15) is 55.5 Å². The highest BCUT2D eigenvalue weighted by molar-refractivity contribution is 5.96. The molecule has 0 aliphatic carbocycles. The Balaban J connectivity index is 0.00000524. The molecule has 0 fully saturated rings. The number of nitrogens with one attached hydrogen (secondary N) is 3. The van der Waals surface area contributed by atoms with E-state index >= 15 is 0 Å². The zero-order valence-electron chi connectivity index (χ0n) is 29.6. The number of carboxylic acid groups (broad SMARTS) is 5. The Labute approximate surface area is 318 Å². The predicted molar refractivity (Wildman–Crippen MR) is 180 cm³/mol. The first-order chi connectivity index (χ1) is 26.7. The molecule has 2 aromatic rings. The Morgan fingerprint density at radius 1 is 0.632 bits per heavy atom. The molecule has 0 unspecified atom stereocenters. The van der Waals surface area contributed by atoms with E-state index in [4.69, 9.17) is 36.1 Å². The molecular formula is C32H38F5N7O13. The number of amides is 3. The zero-order chi connectivity index (χ0) is 43.4. The van der Waals surface area contributed by atoms with E-state index < -0.39 is 115 Å². The summed E-state index contributed by atoms with van der Waals surface area (Å²) in [6.07, 6.45) is -1.10. The van der Waals surface area contributed by atoms with Crippen molar-refractivity contribution in [3.8, 4) is 0 Å². The molecule has 0 saturated carbocycles. The van der Waals surface area contributed by atoms with Crippen molar-refractivity contribution in [1.82, 2.24) is 30.9 Å². The van der Waals surface area contributed by atoms with Gasteiger partial charge in [-0.05, 0) is 17.7 Å². The topological polar surface area (TPSA) is 310 Å². The zero-order valence-corrected chi connectivity index (χ0v) is 29.6. The highest BCUT2D eigenvalue weighted by Gasteiger charge is 2.28. The van der Waals surface area contributed by atoms with Gasteiger partial charge in [-0.1, -0.05) is 12.1 Å². The van der Waals surface area contributed by atoms with Crippen molar-refractivity contribution in [3.05, 3.63) is 70.0 Å². The molecule has 0 bridgehead atoms. The van der Waals surface area contributed by atoms with E-state index in [2.05, 4.69) is 5.32 Å². The number of halogens is 5. The molecule has 2 aromatic carbocycles. The van der Waals surface area contributed by atoms with Gasteiger partial charge in [0, 0.05) is 50.3 Å². The van der Waals surface area contributed by atoms with Gasteiger partial charge in [-0.2, -0.15) is 0 Å². The van der Waals surface area contributed by atoms with Gasteiger partial charge in [0.1, 0.15) is 0 Å². The number of carbonyl (C=O) groups is 8. The van der Waals surface area contributed by atoms with Crippen LogP contribution in [-0.2, 0) is 46.5 Å². The monoisotopic (exact) mass is 823 g/mol. The molecule has 0 radical (unpaired) electrons. The van der Waals surface area contributed by atoms with Gasteiger partial charge in [-0.25, -0.2) is 22.0 Å². The molecular weight excluding hydrogens is 785 g/mol. The number of nitrogens with zero attached hydrogens (tertiary/aromatic N) is 3. The number of rotatable bonds is 22. The lowest BCUT2D eigenvalue weighted by Gasteiger charge is -2.28. The van der Waals surface area contributed by atoms with Gasteiger partial charge in [0.05, 0.1) is 38.8 Å². The first-order valence-corrected chi connectivity index (χ1v) is 16.0. The molecule has 2 rings (SSSR count). The lowest BCUT2D eigenvalue weighted by Crippen LogP contribution is -2.50. The van der Waals surface area contributed by atoms with Gasteiger partial charge in [-0.3, -0.25) is 63.9 Å². The molecule has 0 spiro atoms. The van der Waals surface area contributed by atoms with Crippen LogP contribution >= 0.6 is 0 Å². The van der Waals surface area contributed by atoms with Crippen molar-refractivity contribution >= 4 is 48.1 Å². The predicted octanol–water partition coefficient (Wildman–Crippen LogP) is -1.73. The van der Waals surface area contributed by atoms with E-state index in [0.717, 1.165) is 9.80 Å². The van der Waals surface area contributed by atoms with Crippen molar-refractivity contribution in [2.75, 3.05) is 58.9 Å². The van der Waals surface area contributed by atoms with Crippen LogP contribution in [0.15, 0.2) is 24.3 Å². The second-order valence-corrected chi connectivity index (χ2v) is 11.7. The number of carboxylic acids is 4. The fraction of sp³-hybridized carbons (Fsp3) is 0.375. The lowest BCUT2D eigenvalue weighted by atomic mass is 10.0. The van der Waals surface area contributed by atoms with Crippen molar-refractivity contribution in [1.29, 1.82) is 0 Å². The fourth-order valence-corrected chi connectivity index (χ4v) is 4.69. The number of carbonyl (C=O) groups excluding carboxylic acids is 3. The van der Waals surface area contributed by atoms with Gasteiger partial charge >= 0.3 is 23.9 Å². The van der Waals surface area contributed by atoms with Crippen LogP contribution in [0.1, 0.15) is 21.5 Å². The Bertz CT molecular complexity index is 1670. The second-order valence-electron chi connectivity index (χ2n) is 11.7. The Kier molecular flexibility index (Phi) is 20.7. The molecule has 25 heteroatoms. The van der Waals surface area contributed by atoms with Crippen LogP contribution in [0.25, 0.3) is 0 Å². The third kappa shape index (κ3) is 17.8. The molecule has 0 aromatic heterocycles. The fourth-order valence-electron chi connectivity index (χ4n) is 4.69. The SMILES string of the molecule is N[C@H](Cc1c(F)c(F)c(F)c(F)c1F)C(=O)NNC(=O)c1ccc(CNC(=O)CN(CCN(CC(=O)O)CC(=O)O)CCN(CC(=O)O)CC(=O)O)cc1.O=CO. The molecule has 314 valence electrons. The minimum atomic E-state index is -2.39. The summed E-state index contributed by atoms with van der Waals surface area (Å²) in [6, 6.07) is 3.54. The first kappa shape index (κ1) is 48.7. The summed E-state index contributed by atoms with van der Waals surface area (Å²) < 4.78 is 68.0. The van der Waals surface area contributed by atoms with Gasteiger partial charge in [0.15, 0.2) is 23.3 Å². The van der Waals surface area contributed by atoms with Crippen LogP contribution in [0, 0.1) is 29.1 Å². The third-order valence-electron chi connectivity index (χ3n) is 7.33. The maximum Gasteiger partial charge on any atom is 0.317 e. The van der Waals surface area contributed by atoms with Crippen molar-refractivity contribution < 1.29 is 85.8 Å². The minimum absolute atomic E-state index is 0.0376. The largest absolute Gasteiger partial charge is 0.483 e. The van der Waals surface area contributed by atoms with E-state index in [0.29, 0.717) is 5.56 Å². The Hall–Kier alpha value is -6.31. The molecule has 57 heavy (non-hydrogen) atoms. The molecule has 0 aliphatic heterocycles. The molecule has 1 atom stereocenters. The van der Waals surface area contributed by atoms with Crippen LogP contribution in [0.4, 0.5) is 22.0 Å². The van der Waals surface area contributed by atoms with Gasteiger partial charge < -0.3 is 36.6 Å². The number of hydrogen-bond acceptors (Lipinski definition) is 12. The normalized spacial score (nSPS) is 11.3. The van der Waals surface area contributed by atoms with Crippen LogP contribution in [0.5, 0.6) is 0 Å². The van der Waals surface area contributed by atoms with E-state index in [1.165, 1.54) is 29.2 Å². The molecule has 10 N–H and O–H groups in total. The van der Waals surface area contributed by atoms with Crippen LogP contribution in [0.3, 0.4) is 0 Å². The number of hydrogen-bond donors (Lipinski definition) is 9. The van der Waals surface area contributed by atoms with Crippen molar-refractivity contribution in [3.63, 3.8) is 0 Å². The number of nitrogens with two attached hydrogens (primary N) is 1. The van der Waals surface area contributed by atoms with E-state index in [-0.39, 0.29) is 51.3 Å². The van der Waals surface area contributed by atoms with Gasteiger partial charge in [0.25, 0.3) is 18.3 Å². The molecule has 0 saturated heterocycles. The summed E-state index contributed by atoms with van der Waals surface area (Å²) in [4.78, 5) is 94.2. The molecule has 0 heterocycles. The van der Waals surface area contributed by atoms with Gasteiger partial charge in [0.2, 0.25) is 11.7 Å². The molecule has 20 nitrogen and oxygen atoms in total. The molecule has 0 aliphatic rings. The average molecular weight is 824 g/mol. The summed E-state index contributed by atoms with van der Waals surface area (Å²) in [7, 11) is 0. The van der Waals surface area contributed by atoms with Crippen LogP contribution in [0.2, 0.25) is 0 Å². The smallest absolute Gasteiger partial charge is 0.317 e. The quantitative estimate of drug-likeness (QED) is 0.0210. The average Bonchev–Trinajstić information content (AvgIpc) is 3.13. The molecule has 3 amide bonds. The van der Waals surface area contributed by atoms with Crippen molar-refractivity contribution in [2.45, 2.75) is 19.0 Å². The summed E-state index contributed by atoms with van der Waals surface area (Å²) in [5.74, 6) is -19.1. The standard InChI is InChI=1S/C31H36F5N7O11.CH2O2/c32-25-18(26(33)28(35)29(36)27(25)34)9-19(37)31(54)40-39-30(53)17-3-1-16(2-4-17)10-38-20(44)11-41(5-7-42(12-21(45)46)13-22(47)48)6-8-43(14-23(49)50)15-24(51)52;2-1-3/h1-4,19H,5-15,37H2,(H,38,44)(H,39,53)(H,40,54)(H,45,46)(H,47,48)(H,49,50)(H,51,52);1H,(H,2,3)/t19-;/m1./s1. The first-order valence-electron chi connectivity index (χ1n) is 16.0. The highest BCUT2D eigenvalue weighted by atomic mass is 19.2. The third-order valence-corrected chi connectivity index (χ3v) is 7.33.